The van der Waals surface area contributed by atoms with Crippen molar-refractivity contribution in [2.45, 2.75) is 38.3 Å². The van der Waals surface area contributed by atoms with Crippen LogP contribution in [0.5, 0.6) is 0 Å². The molecule has 4 N–H and O–H groups in total. The minimum absolute atomic E-state index is 0.0412. The Morgan fingerprint density at radius 3 is 2.61 bits per heavy atom. The van der Waals surface area contributed by atoms with E-state index in [1.165, 1.54) is 10.6 Å². The van der Waals surface area contributed by atoms with Crippen LogP contribution < -0.4 is 11.1 Å². The van der Waals surface area contributed by atoms with E-state index in [9.17, 15) is 19.8 Å². The van der Waals surface area contributed by atoms with E-state index in [4.69, 9.17) is 9.84 Å². The topological polar surface area (TPSA) is 137 Å². The smallest absolute Gasteiger partial charge is 0.280 e. The molecule has 4 atom stereocenters. The summed E-state index contributed by atoms with van der Waals surface area (Å²) in [6, 6.07) is 0. The number of hydrogen-bond acceptors (Lipinski definition) is 7. The van der Waals surface area contributed by atoms with Gasteiger partial charge in [0.25, 0.3) is 11.1 Å². The highest BCUT2D eigenvalue weighted by Crippen LogP contribution is 2.31. The van der Waals surface area contributed by atoms with Crippen LogP contribution in [0.1, 0.15) is 22.9 Å². The van der Waals surface area contributed by atoms with Crippen LogP contribution in [0, 0.1) is 13.8 Å². The highest BCUT2D eigenvalue weighted by atomic mass is 16.6. The Morgan fingerprint density at radius 2 is 2.00 bits per heavy atom. The minimum Gasteiger partial charge on any atom is -0.394 e. The molecule has 0 saturated carbocycles. The van der Waals surface area contributed by atoms with Crippen molar-refractivity contribution in [3.63, 3.8) is 0 Å². The van der Waals surface area contributed by atoms with Gasteiger partial charge in [0.1, 0.15) is 24.4 Å². The average molecular weight is 323 g/mol. The Labute approximate surface area is 129 Å². The van der Waals surface area contributed by atoms with Crippen LogP contribution in [0.15, 0.2) is 15.8 Å². The van der Waals surface area contributed by atoms with Crippen molar-refractivity contribution < 1.29 is 20.1 Å². The Hall–Kier alpha value is -2.07. The number of rotatable bonds is 2. The van der Waals surface area contributed by atoms with Gasteiger partial charge in [-0.25, -0.2) is 0 Å². The van der Waals surface area contributed by atoms with Crippen molar-refractivity contribution in [3.8, 4) is 0 Å². The maximum Gasteiger partial charge on any atom is 0.280 e. The van der Waals surface area contributed by atoms with E-state index in [0.29, 0.717) is 11.3 Å². The van der Waals surface area contributed by atoms with E-state index >= 15 is 0 Å². The van der Waals surface area contributed by atoms with Crippen LogP contribution in [-0.2, 0) is 4.74 Å². The van der Waals surface area contributed by atoms with E-state index in [-0.39, 0.29) is 16.9 Å². The summed E-state index contributed by atoms with van der Waals surface area (Å²) in [5.41, 5.74) is 0.0765. The molecule has 9 heteroatoms. The van der Waals surface area contributed by atoms with Gasteiger partial charge in [-0.2, -0.15) is 4.98 Å². The summed E-state index contributed by atoms with van der Waals surface area (Å²) in [5, 5.41) is 29.0. The van der Waals surface area contributed by atoms with Crippen LogP contribution in [0.25, 0.3) is 5.78 Å². The normalized spacial score (nSPS) is 27.7. The maximum absolute atomic E-state index is 12.2. The number of nitrogens with one attached hydrogen (secondary N) is 1. The molecule has 1 aliphatic heterocycles. The second-order valence-corrected chi connectivity index (χ2v) is 5.62. The average Bonchev–Trinajstić information content (AvgIpc) is 2.80. The van der Waals surface area contributed by atoms with Gasteiger partial charge in [-0.3, -0.25) is 19.0 Å². The summed E-state index contributed by atoms with van der Waals surface area (Å²) in [4.78, 5) is 30.3. The van der Waals surface area contributed by atoms with Crippen molar-refractivity contribution in [1.29, 1.82) is 0 Å². The van der Waals surface area contributed by atoms with Crippen molar-refractivity contribution in [1.82, 2.24) is 14.4 Å². The summed E-state index contributed by atoms with van der Waals surface area (Å²) in [7, 11) is 0. The summed E-state index contributed by atoms with van der Waals surface area (Å²) < 4.78 is 6.89. The molecular weight excluding hydrogens is 306 g/mol. The van der Waals surface area contributed by atoms with Crippen molar-refractivity contribution >= 4 is 5.78 Å². The quantitative estimate of drug-likeness (QED) is 0.509. The van der Waals surface area contributed by atoms with Gasteiger partial charge in [0, 0.05) is 17.5 Å². The molecule has 0 aliphatic carbocycles. The zero-order valence-electron chi connectivity index (χ0n) is 12.6. The lowest BCUT2D eigenvalue weighted by Gasteiger charge is -2.15. The first-order valence-electron chi connectivity index (χ1n) is 7.10. The lowest BCUT2D eigenvalue weighted by atomic mass is 10.0. The van der Waals surface area contributed by atoms with Crippen LogP contribution in [0.4, 0.5) is 0 Å². The SMILES string of the molecule is Cc1c(C)n2cc([C@@H]3O[C@H](CO)C(O)[C@@H]3O)c(=O)nc2[nH]c1=O. The number of aliphatic hydroxyl groups excluding tert-OH is 3. The Kier molecular flexibility index (Phi) is 3.80. The van der Waals surface area contributed by atoms with Gasteiger partial charge in [0.2, 0.25) is 5.78 Å². The first kappa shape index (κ1) is 15.8. The number of aromatic nitrogens is 3. The lowest BCUT2D eigenvalue weighted by molar-refractivity contribution is -0.0232. The number of nitrogens with zero attached hydrogens (tertiary/aromatic N) is 2. The molecule has 0 spiro atoms. The van der Waals surface area contributed by atoms with Crippen molar-refractivity contribution in [2.75, 3.05) is 6.61 Å². The predicted octanol–water partition coefficient (Wildman–Crippen LogP) is -1.85. The van der Waals surface area contributed by atoms with Gasteiger partial charge >= 0.3 is 0 Å². The third-order valence-corrected chi connectivity index (χ3v) is 4.27. The van der Waals surface area contributed by atoms with E-state index in [0.717, 1.165) is 0 Å². The molecule has 2 aromatic rings. The first-order valence-corrected chi connectivity index (χ1v) is 7.10. The van der Waals surface area contributed by atoms with Crippen LogP contribution in [0.2, 0.25) is 0 Å². The van der Waals surface area contributed by atoms with Crippen LogP contribution >= 0.6 is 0 Å². The summed E-state index contributed by atoms with van der Waals surface area (Å²) in [5.74, 6) is 0.0820. The number of aromatic amines is 1. The predicted molar refractivity (Wildman–Crippen MR) is 78.3 cm³/mol. The molecule has 0 radical (unpaired) electrons. The molecule has 1 saturated heterocycles. The molecule has 9 nitrogen and oxygen atoms in total. The second-order valence-electron chi connectivity index (χ2n) is 5.62. The number of ether oxygens (including phenoxy) is 1. The molecule has 124 valence electrons. The van der Waals surface area contributed by atoms with Gasteiger partial charge in [0.15, 0.2) is 0 Å². The van der Waals surface area contributed by atoms with E-state index in [2.05, 4.69) is 9.97 Å². The number of fused-ring (bicyclic) bond motifs is 1. The second kappa shape index (κ2) is 5.53. The summed E-state index contributed by atoms with van der Waals surface area (Å²) >= 11 is 0. The third-order valence-electron chi connectivity index (χ3n) is 4.27. The maximum atomic E-state index is 12.2. The molecular formula is C14H17N3O6. The monoisotopic (exact) mass is 323 g/mol. The van der Waals surface area contributed by atoms with E-state index in [1.54, 1.807) is 13.8 Å². The molecule has 1 aliphatic rings. The fourth-order valence-electron chi connectivity index (χ4n) is 2.71. The van der Waals surface area contributed by atoms with Crippen LogP contribution in [-0.4, -0.2) is 54.6 Å². The van der Waals surface area contributed by atoms with Gasteiger partial charge in [-0.1, -0.05) is 0 Å². The highest BCUT2D eigenvalue weighted by molar-refractivity contribution is 5.35. The Bertz CT molecular complexity index is 873. The van der Waals surface area contributed by atoms with E-state index < -0.39 is 36.6 Å². The zero-order valence-corrected chi connectivity index (χ0v) is 12.6. The Morgan fingerprint density at radius 1 is 1.30 bits per heavy atom. The Balaban J connectivity index is 2.18. The fraction of sp³-hybridized carbons (Fsp3) is 0.500. The third kappa shape index (κ3) is 2.38. The van der Waals surface area contributed by atoms with Gasteiger partial charge in [-0.05, 0) is 13.8 Å². The van der Waals surface area contributed by atoms with Crippen molar-refractivity contribution in [2.24, 2.45) is 0 Å². The lowest BCUT2D eigenvalue weighted by Crippen LogP contribution is -2.33. The molecule has 2 aromatic heterocycles. The summed E-state index contributed by atoms with van der Waals surface area (Å²) in [6.07, 6.45) is -3.32. The van der Waals surface area contributed by atoms with Crippen LogP contribution in [0.3, 0.4) is 0 Å². The highest BCUT2D eigenvalue weighted by Gasteiger charge is 2.44. The summed E-state index contributed by atoms with van der Waals surface area (Å²) in [6.45, 7) is 2.85. The number of aliphatic hydroxyl groups is 3. The van der Waals surface area contributed by atoms with Crippen molar-refractivity contribution in [3.05, 3.63) is 43.7 Å². The van der Waals surface area contributed by atoms with Gasteiger partial charge in [0.05, 0.1) is 12.2 Å². The zero-order chi connectivity index (χ0) is 16.9. The molecule has 23 heavy (non-hydrogen) atoms. The van der Waals surface area contributed by atoms with Gasteiger partial charge in [-0.15, -0.1) is 0 Å². The molecule has 1 fully saturated rings. The molecule has 1 unspecified atom stereocenters. The fourth-order valence-corrected chi connectivity index (χ4v) is 2.71. The molecule has 0 aromatic carbocycles. The standard InChI is InChI=1S/C14H17N3O6/c1-5-6(2)17-3-7(13(22)16-14(17)15-12(5)21)11-10(20)9(19)8(4-18)23-11/h3,8-11,18-20H,4H2,1-2H3,(H,15,16,21,22)/t8-,9?,10+,11+/m1/s1. The van der Waals surface area contributed by atoms with Gasteiger partial charge < -0.3 is 20.1 Å². The number of hydrogen-bond donors (Lipinski definition) is 4. The molecule has 0 amide bonds. The minimum atomic E-state index is -1.36. The molecule has 0 bridgehead atoms. The first-order chi connectivity index (χ1) is 10.8. The molecule has 3 rings (SSSR count). The largest absolute Gasteiger partial charge is 0.394 e. The molecule has 3 heterocycles. The van der Waals surface area contributed by atoms with E-state index in [1.807, 2.05) is 0 Å². The number of H-pyrrole nitrogens is 1. The number of aryl methyl sites for hydroxylation is 1.